The maximum Gasteiger partial charge on any atom is 0.326 e. The normalized spacial score (nSPS) is 17.4. The SMILES string of the molecule is CCC[C@H](c1ccccc1)N1c2ccccc2N(C)S1(=O)=O. The van der Waals surface area contributed by atoms with E-state index < -0.39 is 10.2 Å². The lowest BCUT2D eigenvalue weighted by Gasteiger charge is -2.29. The van der Waals surface area contributed by atoms with Gasteiger partial charge >= 0.3 is 10.2 Å². The van der Waals surface area contributed by atoms with Crippen LogP contribution in [-0.2, 0) is 10.2 Å². The highest BCUT2D eigenvalue weighted by Gasteiger charge is 2.42. The first-order valence-corrected chi connectivity index (χ1v) is 8.89. The highest BCUT2D eigenvalue weighted by molar-refractivity contribution is 7.94. The lowest BCUT2D eigenvalue weighted by molar-refractivity contribution is 0.568. The molecule has 116 valence electrons. The zero-order valence-corrected chi connectivity index (χ0v) is 13.6. The van der Waals surface area contributed by atoms with Gasteiger partial charge in [0.15, 0.2) is 0 Å². The minimum absolute atomic E-state index is 0.178. The molecule has 2 aromatic carbocycles. The van der Waals surface area contributed by atoms with Crippen LogP contribution in [0.25, 0.3) is 0 Å². The lowest BCUT2D eigenvalue weighted by atomic mass is 10.0. The van der Waals surface area contributed by atoms with Crippen molar-refractivity contribution in [1.29, 1.82) is 0 Å². The Morgan fingerprint density at radius 1 is 0.955 bits per heavy atom. The van der Waals surface area contributed by atoms with Crippen LogP contribution in [0.3, 0.4) is 0 Å². The van der Waals surface area contributed by atoms with E-state index in [9.17, 15) is 8.42 Å². The van der Waals surface area contributed by atoms with Gasteiger partial charge in [-0.1, -0.05) is 55.8 Å². The van der Waals surface area contributed by atoms with Gasteiger partial charge in [0, 0.05) is 7.05 Å². The summed E-state index contributed by atoms with van der Waals surface area (Å²) in [5.41, 5.74) is 2.52. The van der Waals surface area contributed by atoms with Crippen LogP contribution < -0.4 is 8.61 Å². The standard InChI is InChI=1S/C17H20N2O2S/c1-3-9-15(14-10-5-4-6-11-14)19-17-13-8-7-12-16(17)18(2)22(19,20)21/h4-8,10-13,15H,3,9H2,1-2H3/t15-/m1/s1. The van der Waals surface area contributed by atoms with Crippen molar-refractivity contribution in [2.75, 3.05) is 15.7 Å². The zero-order chi connectivity index (χ0) is 15.7. The molecule has 1 heterocycles. The van der Waals surface area contributed by atoms with E-state index in [-0.39, 0.29) is 6.04 Å². The summed E-state index contributed by atoms with van der Waals surface area (Å²) in [5.74, 6) is 0. The molecular weight excluding hydrogens is 296 g/mol. The highest BCUT2D eigenvalue weighted by Crippen LogP contribution is 2.45. The van der Waals surface area contributed by atoms with Gasteiger partial charge in [-0.15, -0.1) is 0 Å². The van der Waals surface area contributed by atoms with E-state index in [1.807, 2.05) is 54.6 Å². The Bertz CT molecular complexity index is 759. The molecule has 0 fully saturated rings. The van der Waals surface area contributed by atoms with Gasteiger partial charge in [0.05, 0.1) is 17.4 Å². The Balaban J connectivity index is 2.15. The van der Waals surface area contributed by atoms with Crippen molar-refractivity contribution in [2.45, 2.75) is 25.8 Å². The maximum absolute atomic E-state index is 12.9. The first-order chi connectivity index (χ1) is 10.6. The third-order valence-electron chi connectivity index (χ3n) is 4.08. The molecule has 4 nitrogen and oxygen atoms in total. The smallest absolute Gasteiger partial charge is 0.254 e. The molecule has 0 radical (unpaired) electrons. The third kappa shape index (κ3) is 2.25. The van der Waals surface area contributed by atoms with Crippen LogP contribution in [0.1, 0.15) is 31.4 Å². The van der Waals surface area contributed by atoms with Crippen molar-refractivity contribution in [3.8, 4) is 0 Å². The van der Waals surface area contributed by atoms with E-state index in [0.717, 1.165) is 29.8 Å². The molecule has 5 heteroatoms. The Morgan fingerprint density at radius 2 is 1.55 bits per heavy atom. The van der Waals surface area contributed by atoms with Crippen molar-refractivity contribution in [1.82, 2.24) is 0 Å². The Kier molecular flexibility index (Phi) is 3.83. The minimum Gasteiger partial charge on any atom is -0.254 e. The van der Waals surface area contributed by atoms with Crippen LogP contribution in [0.5, 0.6) is 0 Å². The highest BCUT2D eigenvalue weighted by atomic mass is 32.2. The summed E-state index contributed by atoms with van der Waals surface area (Å²) in [6, 6.07) is 17.1. The summed E-state index contributed by atoms with van der Waals surface area (Å²) in [5, 5.41) is 0. The largest absolute Gasteiger partial charge is 0.326 e. The van der Waals surface area contributed by atoms with Crippen LogP contribution >= 0.6 is 0 Å². The average Bonchev–Trinajstić information content (AvgIpc) is 2.74. The first-order valence-electron chi connectivity index (χ1n) is 7.49. The Morgan fingerprint density at radius 3 is 2.18 bits per heavy atom. The second-order valence-corrected chi connectivity index (χ2v) is 7.31. The molecular formula is C17H20N2O2S. The molecule has 3 rings (SSSR count). The van der Waals surface area contributed by atoms with E-state index >= 15 is 0 Å². The van der Waals surface area contributed by atoms with Gasteiger partial charge in [0.2, 0.25) is 0 Å². The zero-order valence-electron chi connectivity index (χ0n) is 12.8. The van der Waals surface area contributed by atoms with Gasteiger partial charge in [-0.05, 0) is 24.1 Å². The molecule has 1 atom stereocenters. The Hall–Kier alpha value is -2.01. The quantitative estimate of drug-likeness (QED) is 0.862. The fraction of sp³-hybridized carbons (Fsp3) is 0.294. The summed E-state index contributed by atoms with van der Waals surface area (Å²) in [6.07, 6.45) is 1.70. The van der Waals surface area contributed by atoms with Crippen molar-refractivity contribution < 1.29 is 8.42 Å². The van der Waals surface area contributed by atoms with E-state index in [0.29, 0.717) is 0 Å². The van der Waals surface area contributed by atoms with Crippen molar-refractivity contribution in [3.05, 3.63) is 60.2 Å². The molecule has 1 aliphatic rings. The van der Waals surface area contributed by atoms with Crippen LogP contribution in [0, 0.1) is 0 Å². The molecule has 0 amide bonds. The first kappa shape index (κ1) is 14.9. The van der Waals surface area contributed by atoms with E-state index in [1.54, 1.807) is 11.4 Å². The van der Waals surface area contributed by atoms with E-state index in [1.165, 1.54) is 4.31 Å². The molecule has 1 aliphatic heterocycles. The van der Waals surface area contributed by atoms with Gasteiger partial charge in [-0.25, -0.2) is 4.31 Å². The molecule has 0 aliphatic carbocycles. The lowest BCUT2D eigenvalue weighted by Crippen LogP contribution is -2.38. The molecule has 0 spiro atoms. The van der Waals surface area contributed by atoms with Crippen LogP contribution in [0.2, 0.25) is 0 Å². The van der Waals surface area contributed by atoms with Gasteiger partial charge < -0.3 is 0 Å². The molecule has 0 unspecified atom stereocenters. The van der Waals surface area contributed by atoms with Gasteiger partial charge in [-0.2, -0.15) is 8.42 Å². The summed E-state index contributed by atoms with van der Waals surface area (Å²) in [4.78, 5) is 0. The molecule has 0 saturated carbocycles. The molecule has 0 N–H and O–H groups in total. The van der Waals surface area contributed by atoms with Gasteiger partial charge in [0.25, 0.3) is 0 Å². The summed E-state index contributed by atoms with van der Waals surface area (Å²) in [6.45, 7) is 2.08. The monoisotopic (exact) mass is 316 g/mol. The fourth-order valence-corrected chi connectivity index (χ4v) is 4.61. The number of benzene rings is 2. The topological polar surface area (TPSA) is 40.6 Å². The van der Waals surface area contributed by atoms with Crippen LogP contribution in [0.4, 0.5) is 11.4 Å². The predicted molar refractivity (Wildman–Crippen MR) is 90.3 cm³/mol. The van der Waals surface area contributed by atoms with Crippen LogP contribution in [0.15, 0.2) is 54.6 Å². The molecule has 0 saturated heterocycles. The second kappa shape index (κ2) is 5.65. The van der Waals surface area contributed by atoms with Crippen molar-refractivity contribution in [3.63, 3.8) is 0 Å². The summed E-state index contributed by atoms with van der Waals surface area (Å²) >= 11 is 0. The number of nitrogens with zero attached hydrogens (tertiary/aromatic N) is 2. The van der Waals surface area contributed by atoms with Crippen molar-refractivity contribution >= 4 is 21.6 Å². The minimum atomic E-state index is -3.53. The second-order valence-electron chi connectivity index (χ2n) is 5.47. The van der Waals surface area contributed by atoms with Gasteiger partial charge in [0.1, 0.15) is 0 Å². The van der Waals surface area contributed by atoms with Gasteiger partial charge in [-0.3, -0.25) is 4.31 Å². The Labute approximate surface area is 132 Å². The summed E-state index contributed by atoms with van der Waals surface area (Å²) < 4.78 is 28.7. The molecule has 0 bridgehead atoms. The predicted octanol–water partition coefficient (Wildman–Crippen LogP) is 3.73. The summed E-state index contributed by atoms with van der Waals surface area (Å²) in [7, 11) is -1.91. The maximum atomic E-state index is 12.9. The number of hydrogen-bond acceptors (Lipinski definition) is 2. The molecule has 0 aromatic heterocycles. The number of rotatable bonds is 4. The molecule has 2 aromatic rings. The van der Waals surface area contributed by atoms with Crippen LogP contribution in [-0.4, -0.2) is 15.5 Å². The fourth-order valence-electron chi connectivity index (χ4n) is 2.99. The third-order valence-corrected chi connectivity index (χ3v) is 5.92. The average molecular weight is 316 g/mol. The van der Waals surface area contributed by atoms with Crippen molar-refractivity contribution in [2.24, 2.45) is 0 Å². The van der Waals surface area contributed by atoms with E-state index in [2.05, 4.69) is 6.92 Å². The number of fused-ring (bicyclic) bond motifs is 1. The van der Waals surface area contributed by atoms with E-state index in [4.69, 9.17) is 0 Å². The molecule has 22 heavy (non-hydrogen) atoms. The number of hydrogen-bond donors (Lipinski definition) is 0. The number of anilines is 2. The number of para-hydroxylation sites is 2.